The van der Waals surface area contributed by atoms with Gasteiger partial charge in [0.05, 0.1) is 24.4 Å². The smallest absolute Gasteiger partial charge is 0.226 e. The molecule has 1 unspecified atom stereocenters. The minimum absolute atomic E-state index is 0.0980. The van der Waals surface area contributed by atoms with Gasteiger partial charge in [-0.15, -0.1) is 11.3 Å². The van der Waals surface area contributed by atoms with Crippen molar-refractivity contribution in [2.24, 2.45) is 0 Å². The van der Waals surface area contributed by atoms with Gasteiger partial charge in [-0.2, -0.15) is 0 Å². The highest BCUT2D eigenvalue weighted by molar-refractivity contribution is 7.13. The van der Waals surface area contributed by atoms with E-state index in [1.165, 1.54) is 11.3 Å². The molecule has 3 N–H and O–H groups in total. The number of amides is 1. The van der Waals surface area contributed by atoms with E-state index in [2.05, 4.69) is 10.3 Å². The van der Waals surface area contributed by atoms with Crippen LogP contribution in [-0.2, 0) is 11.2 Å². The monoisotopic (exact) mass is 251 g/mol. The van der Waals surface area contributed by atoms with Crippen LogP contribution < -0.4 is 11.1 Å². The number of nitrogen functional groups attached to an aromatic ring is 1. The largest absolute Gasteiger partial charge is 0.467 e. The maximum Gasteiger partial charge on any atom is 0.226 e. The molecule has 0 spiro atoms. The van der Waals surface area contributed by atoms with E-state index in [1.807, 2.05) is 13.0 Å². The van der Waals surface area contributed by atoms with Gasteiger partial charge in [0.2, 0.25) is 5.91 Å². The molecule has 0 bridgehead atoms. The summed E-state index contributed by atoms with van der Waals surface area (Å²) in [4.78, 5) is 15.7. The van der Waals surface area contributed by atoms with Crippen molar-refractivity contribution in [2.75, 3.05) is 5.73 Å². The normalized spacial score (nSPS) is 12.3. The van der Waals surface area contributed by atoms with Crippen molar-refractivity contribution in [1.82, 2.24) is 10.3 Å². The summed E-state index contributed by atoms with van der Waals surface area (Å²) in [5, 5.41) is 5.09. The van der Waals surface area contributed by atoms with Crippen LogP contribution in [0, 0.1) is 0 Å². The van der Waals surface area contributed by atoms with E-state index >= 15 is 0 Å². The molecule has 6 heteroatoms. The number of furan rings is 1. The van der Waals surface area contributed by atoms with Gasteiger partial charge in [-0.25, -0.2) is 4.98 Å². The number of carbonyl (C=O) groups excluding carboxylic acids is 1. The first-order valence-electron chi connectivity index (χ1n) is 5.18. The fourth-order valence-electron chi connectivity index (χ4n) is 1.47. The number of anilines is 1. The number of hydrogen-bond donors (Lipinski definition) is 2. The number of nitrogens with two attached hydrogens (primary N) is 1. The number of carbonyl (C=O) groups is 1. The second-order valence-corrected chi connectivity index (χ2v) is 4.55. The summed E-state index contributed by atoms with van der Waals surface area (Å²) in [5.74, 6) is 0.635. The highest BCUT2D eigenvalue weighted by atomic mass is 32.1. The third-order valence-electron chi connectivity index (χ3n) is 2.26. The van der Waals surface area contributed by atoms with E-state index in [9.17, 15) is 4.79 Å². The number of aromatic nitrogens is 1. The molecule has 0 aliphatic rings. The molecule has 1 amide bonds. The van der Waals surface area contributed by atoms with Crippen LogP contribution in [0.25, 0.3) is 0 Å². The van der Waals surface area contributed by atoms with Gasteiger partial charge >= 0.3 is 0 Å². The third-order valence-corrected chi connectivity index (χ3v) is 2.98. The van der Waals surface area contributed by atoms with Gasteiger partial charge in [0.15, 0.2) is 5.13 Å². The lowest BCUT2D eigenvalue weighted by molar-refractivity contribution is -0.121. The van der Waals surface area contributed by atoms with Gasteiger partial charge in [-0.05, 0) is 19.1 Å². The van der Waals surface area contributed by atoms with Crippen LogP contribution in [0.15, 0.2) is 28.2 Å². The van der Waals surface area contributed by atoms with Crippen molar-refractivity contribution in [3.8, 4) is 0 Å². The molecule has 2 heterocycles. The van der Waals surface area contributed by atoms with Gasteiger partial charge in [-0.3, -0.25) is 4.79 Å². The lowest BCUT2D eigenvalue weighted by Gasteiger charge is -2.10. The predicted molar refractivity (Wildman–Crippen MR) is 65.5 cm³/mol. The first kappa shape index (κ1) is 11.7. The molecule has 0 aliphatic heterocycles. The highest BCUT2D eigenvalue weighted by Crippen LogP contribution is 2.14. The summed E-state index contributed by atoms with van der Waals surface area (Å²) in [5.41, 5.74) is 6.18. The molecule has 0 saturated heterocycles. The zero-order valence-electron chi connectivity index (χ0n) is 9.34. The molecular weight excluding hydrogens is 238 g/mol. The van der Waals surface area contributed by atoms with Gasteiger partial charge in [-0.1, -0.05) is 0 Å². The van der Waals surface area contributed by atoms with E-state index in [0.717, 1.165) is 5.76 Å². The molecule has 0 aliphatic carbocycles. The van der Waals surface area contributed by atoms with Crippen LogP contribution in [0.2, 0.25) is 0 Å². The fourth-order valence-corrected chi connectivity index (χ4v) is 2.03. The number of thiazole rings is 1. The van der Waals surface area contributed by atoms with Crippen molar-refractivity contribution < 1.29 is 9.21 Å². The molecule has 17 heavy (non-hydrogen) atoms. The summed E-state index contributed by atoms with van der Waals surface area (Å²) in [6, 6.07) is 3.47. The Bertz CT molecular complexity index is 493. The van der Waals surface area contributed by atoms with E-state index in [4.69, 9.17) is 10.2 Å². The molecule has 0 aromatic carbocycles. The van der Waals surface area contributed by atoms with Gasteiger partial charge in [0.25, 0.3) is 0 Å². The van der Waals surface area contributed by atoms with Crippen molar-refractivity contribution in [3.63, 3.8) is 0 Å². The fraction of sp³-hybridized carbons (Fsp3) is 0.273. The predicted octanol–water partition coefficient (Wildman–Crippen LogP) is 1.74. The molecule has 0 radical (unpaired) electrons. The van der Waals surface area contributed by atoms with Crippen LogP contribution >= 0.6 is 11.3 Å². The number of rotatable bonds is 4. The molecule has 1 atom stereocenters. The molecule has 2 rings (SSSR count). The lowest BCUT2D eigenvalue weighted by atomic mass is 10.2. The van der Waals surface area contributed by atoms with E-state index in [0.29, 0.717) is 10.8 Å². The molecule has 5 nitrogen and oxygen atoms in total. The van der Waals surface area contributed by atoms with E-state index in [1.54, 1.807) is 17.7 Å². The lowest BCUT2D eigenvalue weighted by Crippen LogP contribution is -2.27. The molecule has 2 aromatic heterocycles. The van der Waals surface area contributed by atoms with Gasteiger partial charge in [0.1, 0.15) is 5.76 Å². The minimum Gasteiger partial charge on any atom is -0.467 e. The summed E-state index contributed by atoms with van der Waals surface area (Å²) in [7, 11) is 0. The molecule has 2 aromatic rings. The van der Waals surface area contributed by atoms with Crippen LogP contribution in [0.1, 0.15) is 24.4 Å². The molecule has 90 valence electrons. The standard InChI is InChI=1S/C11H13N3O2S/c1-7(9-3-2-4-16-9)13-10(15)5-8-6-17-11(12)14-8/h2-4,6-7H,5H2,1H3,(H2,12,14)(H,13,15). The summed E-state index contributed by atoms with van der Waals surface area (Å²) >= 11 is 1.33. The maximum atomic E-state index is 11.7. The topological polar surface area (TPSA) is 81.2 Å². The molecule has 0 fully saturated rings. The Morgan fingerprint density at radius 3 is 3.12 bits per heavy atom. The molecule has 0 saturated carbocycles. The number of hydrogen-bond acceptors (Lipinski definition) is 5. The number of nitrogens with one attached hydrogen (secondary N) is 1. The Hall–Kier alpha value is -1.82. The van der Waals surface area contributed by atoms with Gasteiger partial charge < -0.3 is 15.5 Å². The second kappa shape index (κ2) is 5.01. The first-order chi connectivity index (χ1) is 8.15. The van der Waals surface area contributed by atoms with E-state index < -0.39 is 0 Å². The SMILES string of the molecule is CC(NC(=O)Cc1csc(N)n1)c1ccco1. The van der Waals surface area contributed by atoms with Crippen molar-refractivity contribution in [2.45, 2.75) is 19.4 Å². The Morgan fingerprint density at radius 2 is 2.53 bits per heavy atom. The van der Waals surface area contributed by atoms with Gasteiger partial charge in [0, 0.05) is 5.38 Å². The average Bonchev–Trinajstić information content (AvgIpc) is 2.89. The van der Waals surface area contributed by atoms with E-state index in [-0.39, 0.29) is 18.4 Å². The van der Waals surface area contributed by atoms with Crippen LogP contribution in [0.3, 0.4) is 0 Å². The quantitative estimate of drug-likeness (QED) is 0.867. The van der Waals surface area contributed by atoms with Crippen LogP contribution in [0.5, 0.6) is 0 Å². The zero-order valence-corrected chi connectivity index (χ0v) is 10.2. The van der Waals surface area contributed by atoms with Crippen LogP contribution in [0.4, 0.5) is 5.13 Å². The number of nitrogens with zero attached hydrogens (tertiary/aromatic N) is 1. The second-order valence-electron chi connectivity index (χ2n) is 3.66. The van der Waals surface area contributed by atoms with Crippen LogP contribution in [-0.4, -0.2) is 10.9 Å². The maximum absolute atomic E-state index is 11.7. The Kier molecular flexibility index (Phi) is 3.43. The Balaban J connectivity index is 1.89. The summed E-state index contributed by atoms with van der Waals surface area (Å²) in [6.45, 7) is 1.87. The molecular formula is C11H13N3O2S. The average molecular weight is 251 g/mol. The third kappa shape index (κ3) is 3.07. The van der Waals surface area contributed by atoms with Crippen molar-refractivity contribution in [1.29, 1.82) is 0 Å². The zero-order chi connectivity index (χ0) is 12.3. The highest BCUT2D eigenvalue weighted by Gasteiger charge is 2.13. The van der Waals surface area contributed by atoms with Crippen molar-refractivity contribution in [3.05, 3.63) is 35.2 Å². The summed E-state index contributed by atoms with van der Waals surface area (Å²) in [6.07, 6.45) is 1.82. The summed E-state index contributed by atoms with van der Waals surface area (Å²) < 4.78 is 5.20. The first-order valence-corrected chi connectivity index (χ1v) is 6.06. The minimum atomic E-state index is -0.145. The Morgan fingerprint density at radius 1 is 1.71 bits per heavy atom. The Labute approximate surface area is 103 Å². The van der Waals surface area contributed by atoms with Crippen molar-refractivity contribution >= 4 is 22.4 Å².